The van der Waals surface area contributed by atoms with Crippen molar-refractivity contribution in [2.75, 3.05) is 5.32 Å². The molecule has 0 spiro atoms. The fraction of sp³-hybridized carbons (Fsp3) is 0. The molecule has 1 aromatic carbocycles. The first-order chi connectivity index (χ1) is 7.41. The Morgan fingerprint density at radius 2 is 2.00 bits per heavy atom. The summed E-state index contributed by atoms with van der Waals surface area (Å²) >= 11 is 0. The van der Waals surface area contributed by atoms with Crippen LogP contribution in [0.1, 0.15) is 10.4 Å². The first-order valence-corrected chi connectivity index (χ1v) is 4.14. The Morgan fingerprint density at radius 1 is 1.38 bits per heavy atom. The lowest BCUT2D eigenvalue weighted by Gasteiger charge is -2.05. The van der Waals surface area contributed by atoms with Crippen LogP contribution < -0.4 is 5.32 Å². The predicted octanol–water partition coefficient (Wildman–Crippen LogP) is 1.51. The van der Waals surface area contributed by atoms with Crippen molar-refractivity contribution in [3.05, 3.63) is 36.2 Å². The van der Waals surface area contributed by atoms with Gasteiger partial charge in [0.1, 0.15) is 11.3 Å². The Kier molecular flexibility index (Phi) is 3.24. The smallest absolute Gasteiger partial charge is 0.339 e. The first kappa shape index (κ1) is 11.7. The van der Waals surface area contributed by atoms with E-state index in [9.17, 15) is 19.1 Å². The summed E-state index contributed by atoms with van der Waals surface area (Å²) in [6, 6.07) is 3.32. The van der Waals surface area contributed by atoms with Gasteiger partial charge in [-0.25, -0.2) is 9.18 Å². The molecule has 0 bridgehead atoms. The van der Waals surface area contributed by atoms with Gasteiger partial charge >= 0.3 is 5.97 Å². The van der Waals surface area contributed by atoms with E-state index in [-0.39, 0.29) is 11.3 Å². The van der Waals surface area contributed by atoms with Gasteiger partial charge in [0, 0.05) is 11.8 Å². The molecule has 0 saturated carbocycles. The topological polar surface area (TPSA) is 86.6 Å². The summed E-state index contributed by atoms with van der Waals surface area (Å²) in [5, 5.41) is 20.0. The molecule has 1 aromatic rings. The van der Waals surface area contributed by atoms with Crippen molar-refractivity contribution in [2.24, 2.45) is 0 Å². The van der Waals surface area contributed by atoms with Crippen molar-refractivity contribution in [1.29, 1.82) is 0 Å². The van der Waals surface area contributed by atoms with Gasteiger partial charge in [-0.2, -0.15) is 0 Å². The Labute approximate surface area is 89.8 Å². The van der Waals surface area contributed by atoms with Crippen LogP contribution in [0.25, 0.3) is 0 Å². The third kappa shape index (κ3) is 2.57. The maximum atomic E-state index is 12.3. The number of carboxylic acids is 1. The Balaban J connectivity index is 2.94. The fourth-order valence-electron chi connectivity index (χ4n) is 0.989. The third-order valence-corrected chi connectivity index (χ3v) is 1.73. The zero-order valence-electron chi connectivity index (χ0n) is 8.03. The van der Waals surface area contributed by atoms with Gasteiger partial charge in [-0.1, -0.05) is 6.58 Å². The molecule has 5 nitrogen and oxygen atoms in total. The summed E-state index contributed by atoms with van der Waals surface area (Å²) in [5.74, 6) is -4.05. The molecule has 0 heterocycles. The number of hydrogen-bond donors (Lipinski definition) is 3. The largest absolute Gasteiger partial charge is 0.507 e. The Hall–Kier alpha value is -2.37. The number of phenols is 1. The van der Waals surface area contributed by atoms with Crippen molar-refractivity contribution in [1.82, 2.24) is 0 Å². The SMILES string of the molecule is C=C(F)C(=O)Nc1ccc(C(=O)O)c(O)c1. The van der Waals surface area contributed by atoms with Crippen LogP contribution in [0.15, 0.2) is 30.6 Å². The quantitative estimate of drug-likeness (QED) is 0.680. The second kappa shape index (κ2) is 4.43. The number of anilines is 1. The predicted molar refractivity (Wildman–Crippen MR) is 53.9 cm³/mol. The molecular weight excluding hydrogens is 217 g/mol. The molecule has 0 aliphatic carbocycles. The molecule has 0 aromatic heterocycles. The van der Waals surface area contributed by atoms with Crippen molar-refractivity contribution in [2.45, 2.75) is 0 Å². The number of aromatic carboxylic acids is 1. The van der Waals surface area contributed by atoms with E-state index in [0.29, 0.717) is 0 Å². The summed E-state index contributed by atoms with van der Waals surface area (Å²) < 4.78 is 12.3. The van der Waals surface area contributed by atoms with Gasteiger partial charge in [0.25, 0.3) is 5.91 Å². The van der Waals surface area contributed by atoms with E-state index in [1.165, 1.54) is 6.07 Å². The number of hydrogen-bond acceptors (Lipinski definition) is 3. The standard InChI is InChI=1S/C10H8FNO4/c1-5(11)9(14)12-6-2-3-7(10(15)16)8(13)4-6/h2-4,13H,1H2,(H,12,14)(H,15,16). The summed E-state index contributed by atoms with van der Waals surface area (Å²) in [7, 11) is 0. The minimum atomic E-state index is -1.30. The second-order valence-electron chi connectivity index (χ2n) is 2.90. The van der Waals surface area contributed by atoms with E-state index in [0.717, 1.165) is 12.1 Å². The van der Waals surface area contributed by atoms with E-state index in [4.69, 9.17) is 5.11 Å². The third-order valence-electron chi connectivity index (χ3n) is 1.73. The number of aromatic hydroxyl groups is 1. The number of carboxylic acid groups (broad SMARTS) is 1. The average molecular weight is 225 g/mol. The van der Waals surface area contributed by atoms with Crippen LogP contribution in [-0.4, -0.2) is 22.1 Å². The lowest BCUT2D eigenvalue weighted by atomic mass is 10.2. The van der Waals surface area contributed by atoms with Crippen LogP contribution in [0, 0.1) is 0 Å². The molecule has 0 aliphatic heterocycles. The van der Waals surface area contributed by atoms with Gasteiger partial charge in [-0.3, -0.25) is 4.79 Å². The number of carbonyl (C=O) groups is 2. The second-order valence-corrected chi connectivity index (χ2v) is 2.90. The lowest BCUT2D eigenvalue weighted by molar-refractivity contribution is -0.114. The summed E-state index contributed by atoms with van der Waals surface area (Å²) in [4.78, 5) is 21.4. The average Bonchev–Trinajstić information content (AvgIpc) is 2.16. The number of amides is 1. The fourth-order valence-corrected chi connectivity index (χ4v) is 0.989. The molecule has 0 unspecified atom stereocenters. The summed E-state index contributed by atoms with van der Waals surface area (Å²) in [6.45, 7) is 2.78. The molecule has 0 radical (unpaired) electrons. The van der Waals surface area contributed by atoms with Crippen molar-refractivity contribution in [3.8, 4) is 5.75 Å². The van der Waals surface area contributed by atoms with Gasteiger partial charge in [-0.15, -0.1) is 0 Å². The molecule has 6 heteroatoms. The number of carbonyl (C=O) groups excluding carboxylic acids is 1. The number of rotatable bonds is 3. The van der Waals surface area contributed by atoms with Crippen molar-refractivity contribution >= 4 is 17.6 Å². The highest BCUT2D eigenvalue weighted by Gasteiger charge is 2.11. The van der Waals surface area contributed by atoms with E-state index >= 15 is 0 Å². The molecule has 1 amide bonds. The molecule has 0 aliphatic rings. The molecule has 0 saturated heterocycles. The highest BCUT2D eigenvalue weighted by atomic mass is 19.1. The molecule has 16 heavy (non-hydrogen) atoms. The van der Waals surface area contributed by atoms with Crippen molar-refractivity contribution < 1.29 is 24.2 Å². The molecule has 0 fully saturated rings. The lowest BCUT2D eigenvalue weighted by Crippen LogP contribution is -2.11. The maximum absolute atomic E-state index is 12.3. The van der Waals surface area contributed by atoms with Crippen LogP contribution in [0.2, 0.25) is 0 Å². The summed E-state index contributed by atoms with van der Waals surface area (Å²) in [5.41, 5.74) is -0.233. The molecule has 3 N–H and O–H groups in total. The highest BCUT2D eigenvalue weighted by Crippen LogP contribution is 2.22. The van der Waals surface area contributed by atoms with E-state index in [2.05, 4.69) is 11.9 Å². The van der Waals surface area contributed by atoms with E-state index in [1.54, 1.807) is 0 Å². The number of nitrogens with one attached hydrogen (secondary N) is 1. The van der Waals surface area contributed by atoms with E-state index < -0.39 is 23.5 Å². The first-order valence-electron chi connectivity index (χ1n) is 4.14. The van der Waals surface area contributed by atoms with Crippen molar-refractivity contribution in [3.63, 3.8) is 0 Å². The van der Waals surface area contributed by atoms with Crippen LogP contribution >= 0.6 is 0 Å². The normalized spacial score (nSPS) is 9.56. The number of halogens is 1. The minimum absolute atomic E-state index is 0.0753. The molecule has 0 atom stereocenters. The molecule has 84 valence electrons. The zero-order chi connectivity index (χ0) is 12.3. The Bertz CT molecular complexity index is 470. The van der Waals surface area contributed by atoms with Crippen LogP contribution in [0.3, 0.4) is 0 Å². The van der Waals surface area contributed by atoms with Crippen LogP contribution in [-0.2, 0) is 4.79 Å². The zero-order valence-corrected chi connectivity index (χ0v) is 8.03. The Morgan fingerprint density at radius 3 is 2.44 bits per heavy atom. The van der Waals surface area contributed by atoms with E-state index in [1.807, 2.05) is 0 Å². The number of benzene rings is 1. The van der Waals surface area contributed by atoms with Gasteiger partial charge < -0.3 is 15.5 Å². The minimum Gasteiger partial charge on any atom is -0.507 e. The molecular formula is C10H8FNO4. The summed E-state index contributed by atoms with van der Waals surface area (Å²) in [6.07, 6.45) is 0. The van der Waals surface area contributed by atoms with Crippen LogP contribution in [0.4, 0.5) is 10.1 Å². The van der Waals surface area contributed by atoms with Gasteiger partial charge in [-0.05, 0) is 12.1 Å². The van der Waals surface area contributed by atoms with Crippen LogP contribution in [0.5, 0.6) is 5.75 Å². The van der Waals surface area contributed by atoms with Gasteiger partial charge in [0.05, 0.1) is 0 Å². The maximum Gasteiger partial charge on any atom is 0.339 e. The van der Waals surface area contributed by atoms with Gasteiger partial charge in [0.15, 0.2) is 5.83 Å². The highest BCUT2D eigenvalue weighted by molar-refractivity contribution is 6.02. The monoisotopic (exact) mass is 225 g/mol. The van der Waals surface area contributed by atoms with Gasteiger partial charge in [0.2, 0.25) is 0 Å². The molecule has 1 rings (SSSR count).